The van der Waals surface area contributed by atoms with Crippen molar-refractivity contribution in [1.29, 1.82) is 0 Å². The van der Waals surface area contributed by atoms with Crippen molar-refractivity contribution in [3.05, 3.63) is 164 Å². The molecule has 0 saturated carbocycles. The molecule has 0 aliphatic heterocycles. The maximum atomic E-state index is 6.75. The highest BCUT2D eigenvalue weighted by Crippen LogP contribution is 2.51. The van der Waals surface area contributed by atoms with Gasteiger partial charge in [-0.05, 0) is 62.4 Å². The monoisotopic (exact) mass is 649 g/mol. The summed E-state index contributed by atoms with van der Waals surface area (Å²) in [4.78, 5) is 15.1. The van der Waals surface area contributed by atoms with Crippen molar-refractivity contribution >= 4 is 43.5 Å². The average Bonchev–Trinajstić information content (AvgIpc) is 3.75. The predicted octanol–water partition coefficient (Wildman–Crippen LogP) is 12.4. The molecule has 10 aromatic rings. The summed E-state index contributed by atoms with van der Waals surface area (Å²) in [6.07, 6.45) is 0. The van der Waals surface area contributed by atoms with Crippen molar-refractivity contribution in [2.24, 2.45) is 0 Å². The molecule has 0 amide bonds. The largest absolute Gasteiger partial charge is 0.455 e. The Bertz CT molecular complexity index is 2960. The van der Waals surface area contributed by atoms with Crippen molar-refractivity contribution in [3.63, 3.8) is 0 Å². The van der Waals surface area contributed by atoms with E-state index >= 15 is 0 Å². The molecule has 51 heavy (non-hydrogen) atoms. The van der Waals surface area contributed by atoms with Gasteiger partial charge in [-0.25, -0.2) is 15.0 Å². The SMILES string of the molecule is c1ccc(-c2nc(-c3ccccc3)nc(-c3ccc(-c4cccc5oc6c7cccc8c7c(cc6c45)-c4ccccc4-8)c4ccccc34)n2)cc1. The first-order chi connectivity index (χ1) is 25.3. The first kappa shape index (κ1) is 28.0. The van der Waals surface area contributed by atoms with Gasteiger partial charge in [0.1, 0.15) is 11.2 Å². The highest BCUT2D eigenvalue weighted by molar-refractivity contribution is 6.28. The quantitative estimate of drug-likeness (QED) is 0.190. The molecule has 0 radical (unpaired) electrons. The van der Waals surface area contributed by atoms with Gasteiger partial charge in [-0.15, -0.1) is 0 Å². The Labute approximate surface area is 293 Å². The van der Waals surface area contributed by atoms with Crippen LogP contribution < -0.4 is 0 Å². The van der Waals surface area contributed by atoms with E-state index in [2.05, 4.69) is 103 Å². The van der Waals surface area contributed by atoms with E-state index in [0.29, 0.717) is 17.5 Å². The smallest absolute Gasteiger partial charge is 0.164 e. The molecule has 1 aliphatic carbocycles. The van der Waals surface area contributed by atoms with Crippen LogP contribution in [0.5, 0.6) is 0 Å². The number of hydrogen-bond acceptors (Lipinski definition) is 4. The van der Waals surface area contributed by atoms with E-state index in [1.807, 2.05) is 60.7 Å². The van der Waals surface area contributed by atoms with Crippen LogP contribution in [-0.4, -0.2) is 15.0 Å². The van der Waals surface area contributed by atoms with Gasteiger partial charge in [0.05, 0.1) is 0 Å². The second kappa shape index (κ2) is 10.8. The van der Waals surface area contributed by atoms with Gasteiger partial charge in [0.2, 0.25) is 0 Å². The molecule has 0 atom stereocenters. The molecule has 236 valence electrons. The van der Waals surface area contributed by atoms with E-state index in [0.717, 1.165) is 65.9 Å². The van der Waals surface area contributed by atoms with Crippen LogP contribution in [0.4, 0.5) is 0 Å². The van der Waals surface area contributed by atoms with Crippen molar-refractivity contribution in [2.45, 2.75) is 0 Å². The lowest BCUT2D eigenvalue weighted by molar-refractivity contribution is 0.673. The zero-order chi connectivity index (χ0) is 33.5. The second-order valence-electron chi connectivity index (χ2n) is 13.1. The lowest BCUT2D eigenvalue weighted by Gasteiger charge is -2.14. The summed E-state index contributed by atoms with van der Waals surface area (Å²) in [7, 11) is 0. The highest BCUT2D eigenvalue weighted by atomic mass is 16.3. The maximum Gasteiger partial charge on any atom is 0.164 e. The molecule has 8 aromatic carbocycles. The lowest BCUT2D eigenvalue weighted by Crippen LogP contribution is -2.00. The second-order valence-corrected chi connectivity index (χ2v) is 13.1. The molecule has 0 bridgehead atoms. The van der Waals surface area contributed by atoms with E-state index in [-0.39, 0.29) is 0 Å². The molecule has 0 spiro atoms. The Hall–Kier alpha value is -6.91. The fourth-order valence-electron chi connectivity index (χ4n) is 8.03. The molecule has 0 fully saturated rings. The Morgan fingerprint density at radius 2 is 0.824 bits per heavy atom. The lowest BCUT2D eigenvalue weighted by atomic mass is 9.91. The standard InChI is InChI=1S/C47H27N3O/c1-3-13-28(14-4-1)45-48-46(29-15-5-2-6-16-29)50-47(49-45)37-26-25-34(30-17-7-9-19-32(30)37)36-22-12-24-41-43(36)40-27-39-33-20-10-8-18-31(33)35-21-11-23-38(42(35)39)44(40)51-41/h1-27H. The minimum absolute atomic E-state index is 0.640. The van der Waals surface area contributed by atoms with Gasteiger partial charge in [-0.2, -0.15) is 0 Å². The van der Waals surface area contributed by atoms with Crippen molar-refractivity contribution < 1.29 is 4.42 Å². The fraction of sp³-hybridized carbons (Fsp3) is 0. The Morgan fingerprint density at radius 3 is 1.53 bits per heavy atom. The summed E-state index contributed by atoms with van der Waals surface area (Å²) in [5.41, 5.74) is 12.0. The fourth-order valence-corrected chi connectivity index (χ4v) is 8.03. The number of aromatic nitrogens is 3. The van der Waals surface area contributed by atoms with Gasteiger partial charge in [-0.3, -0.25) is 0 Å². The Balaban J connectivity index is 1.15. The van der Waals surface area contributed by atoms with Crippen LogP contribution in [-0.2, 0) is 0 Å². The summed E-state index contributed by atoms with van der Waals surface area (Å²) in [6, 6.07) is 57.2. The van der Waals surface area contributed by atoms with Gasteiger partial charge < -0.3 is 4.42 Å². The third kappa shape index (κ3) is 4.17. The van der Waals surface area contributed by atoms with Crippen molar-refractivity contribution in [1.82, 2.24) is 15.0 Å². The van der Waals surface area contributed by atoms with Crippen LogP contribution in [0.2, 0.25) is 0 Å². The summed E-state index contributed by atoms with van der Waals surface area (Å²) < 4.78 is 6.75. The van der Waals surface area contributed by atoms with E-state index in [1.54, 1.807) is 0 Å². The molecule has 2 aromatic heterocycles. The Morgan fingerprint density at radius 1 is 0.314 bits per heavy atom. The summed E-state index contributed by atoms with van der Waals surface area (Å²) in [5.74, 6) is 1.93. The first-order valence-electron chi connectivity index (χ1n) is 17.2. The molecule has 0 unspecified atom stereocenters. The van der Waals surface area contributed by atoms with Gasteiger partial charge in [0, 0.05) is 38.2 Å². The molecular weight excluding hydrogens is 623 g/mol. The maximum absolute atomic E-state index is 6.75. The number of rotatable bonds is 4. The molecule has 0 N–H and O–H groups in total. The summed E-state index contributed by atoms with van der Waals surface area (Å²) >= 11 is 0. The van der Waals surface area contributed by atoms with Gasteiger partial charge in [0.15, 0.2) is 17.5 Å². The minimum Gasteiger partial charge on any atom is -0.455 e. The van der Waals surface area contributed by atoms with E-state index < -0.39 is 0 Å². The third-order valence-corrected chi connectivity index (χ3v) is 10.3. The van der Waals surface area contributed by atoms with Crippen molar-refractivity contribution in [2.75, 3.05) is 0 Å². The van der Waals surface area contributed by atoms with Crippen LogP contribution >= 0.6 is 0 Å². The number of hydrogen-bond donors (Lipinski definition) is 0. The van der Waals surface area contributed by atoms with Crippen LogP contribution in [0, 0.1) is 0 Å². The van der Waals surface area contributed by atoms with Crippen LogP contribution in [0.25, 0.3) is 111 Å². The summed E-state index contributed by atoms with van der Waals surface area (Å²) in [6.45, 7) is 0. The molecule has 11 rings (SSSR count). The molecule has 4 nitrogen and oxygen atoms in total. The van der Waals surface area contributed by atoms with E-state index in [9.17, 15) is 0 Å². The normalized spacial score (nSPS) is 11.9. The van der Waals surface area contributed by atoms with Crippen LogP contribution in [0.1, 0.15) is 0 Å². The number of nitrogens with zero attached hydrogens (tertiary/aromatic N) is 3. The predicted molar refractivity (Wildman–Crippen MR) is 208 cm³/mol. The zero-order valence-electron chi connectivity index (χ0n) is 27.3. The molecular formula is C47H27N3O. The molecule has 1 aliphatic rings. The van der Waals surface area contributed by atoms with Crippen molar-refractivity contribution in [3.8, 4) is 67.5 Å². The highest BCUT2D eigenvalue weighted by Gasteiger charge is 2.25. The topological polar surface area (TPSA) is 51.8 Å². The first-order valence-corrected chi connectivity index (χ1v) is 17.2. The van der Waals surface area contributed by atoms with E-state index in [4.69, 9.17) is 19.4 Å². The summed E-state index contributed by atoms with van der Waals surface area (Å²) in [5, 5.41) is 6.86. The number of furan rings is 1. The van der Waals surface area contributed by atoms with E-state index in [1.165, 1.54) is 27.6 Å². The van der Waals surface area contributed by atoms with Crippen LogP contribution in [0.15, 0.2) is 168 Å². The number of fused-ring (bicyclic) bond motifs is 8. The minimum atomic E-state index is 0.640. The van der Waals surface area contributed by atoms with Crippen LogP contribution in [0.3, 0.4) is 0 Å². The van der Waals surface area contributed by atoms with Gasteiger partial charge in [-0.1, -0.05) is 146 Å². The third-order valence-electron chi connectivity index (χ3n) is 10.3. The number of benzene rings is 8. The molecule has 0 saturated heterocycles. The molecule has 4 heteroatoms. The van der Waals surface area contributed by atoms with Gasteiger partial charge in [0.25, 0.3) is 0 Å². The zero-order valence-corrected chi connectivity index (χ0v) is 27.3. The molecule has 2 heterocycles. The van der Waals surface area contributed by atoms with Gasteiger partial charge >= 0.3 is 0 Å². The Kier molecular flexibility index (Phi) is 5.92. The average molecular weight is 650 g/mol.